The van der Waals surface area contributed by atoms with Crippen LogP contribution in [0.2, 0.25) is 0 Å². The number of benzene rings is 2. The van der Waals surface area contributed by atoms with Crippen LogP contribution in [0.4, 0.5) is 11.4 Å². The molecule has 0 aliphatic carbocycles. The molecule has 1 atom stereocenters. The number of carbonyl (C=O) groups is 1. The number of anilines is 1. The van der Waals surface area contributed by atoms with Crippen LogP contribution >= 0.6 is 0 Å². The molecule has 1 fully saturated rings. The van der Waals surface area contributed by atoms with Gasteiger partial charge in [0.1, 0.15) is 5.56 Å². The molecule has 0 radical (unpaired) electrons. The topological polar surface area (TPSA) is 84.7 Å². The molecule has 7 heteroatoms. The minimum atomic E-state index is -0.722. The maximum absolute atomic E-state index is 11.9. The van der Waals surface area contributed by atoms with Crippen molar-refractivity contribution in [1.29, 1.82) is 0 Å². The van der Waals surface area contributed by atoms with Gasteiger partial charge in [0.15, 0.2) is 0 Å². The second kappa shape index (κ2) is 9.52. The maximum Gasteiger partial charge on any atom is 0.344 e. The highest BCUT2D eigenvalue weighted by atomic mass is 16.6. The predicted octanol–water partition coefficient (Wildman–Crippen LogP) is 4.37. The third-order valence-corrected chi connectivity index (χ3v) is 5.51. The van der Waals surface area contributed by atoms with Crippen LogP contribution in [0.15, 0.2) is 42.5 Å². The van der Waals surface area contributed by atoms with Crippen molar-refractivity contribution >= 4 is 17.3 Å². The summed E-state index contributed by atoms with van der Waals surface area (Å²) in [5.74, 6) is -0.722. The third-order valence-electron chi connectivity index (χ3n) is 5.51. The molecule has 0 aromatic heterocycles. The highest BCUT2D eigenvalue weighted by molar-refractivity contribution is 5.95. The smallest absolute Gasteiger partial charge is 0.344 e. The highest BCUT2D eigenvalue weighted by Crippen LogP contribution is 2.25. The van der Waals surface area contributed by atoms with Gasteiger partial charge >= 0.3 is 5.97 Å². The van der Waals surface area contributed by atoms with E-state index in [1.165, 1.54) is 49.6 Å². The van der Waals surface area contributed by atoms with Crippen molar-refractivity contribution in [2.75, 3.05) is 19.0 Å². The van der Waals surface area contributed by atoms with E-state index in [0.29, 0.717) is 18.3 Å². The van der Waals surface area contributed by atoms with Crippen LogP contribution in [-0.2, 0) is 17.8 Å². The molecule has 29 heavy (non-hydrogen) atoms. The summed E-state index contributed by atoms with van der Waals surface area (Å²) in [5, 5.41) is 14.5. The summed E-state index contributed by atoms with van der Waals surface area (Å²) in [7, 11) is 1.21. The predicted molar refractivity (Wildman–Crippen MR) is 112 cm³/mol. The summed E-state index contributed by atoms with van der Waals surface area (Å²) >= 11 is 0. The summed E-state index contributed by atoms with van der Waals surface area (Å²) in [6, 6.07) is 13.3. The van der Waals surface area contributed by atoms with Crippen LogP contribution in [-0.4, -0.2) is 35.5 Å². The lowest BCUT2D eigenvalue weighted by molar-refractivity contribution is -0.385. The minimum absolute atomic E-state index is 0.0575. The van der Waals surface area contributed by atoms with Crippen molar-refractivity contribution in [2.24, 2.45) is 0 Å². The Kier molecular flexibility index (Phi) is 6.82. The molecule has 1 aliphatic heterocycles. The van der Waals surface area contributed by atoms with Crippen LogP contribution in [0.25, 0.3) is 0 Å². The van der Waals surface area contributed by atoms with Crippen LogP contribution in [0.1, 0.15) is 47.7 Å². The van der Waals surface area contributed by atoms with Gasteiger partial charge in [0.2, 0.25) is 0 Å². The van der Waals surface area contributed by atoms with Crippen LogP contribution in [0.3, 0.4) is 0 Å². The Morgan fingerprint density at radius 1 is 1.24 bits per heavy atom. The fourth-order valence-electron chi connectivity index (χ4n) is 3.77. The van der Waals surface area contributed by atoms with E-state index in [4.69, 9.17) is 0 Å². The number of carbonyl (C=O) groups excluding carboxylic acids is 1. The molecule has 1 aliphatic rings. The zero-order chi connectivity index (χ0) is 20.8. The van der Waals surface area contributed by atoms with Gasteiger partial charge in [-0.1, -0.05) is 30.7 Å². The number of nitro benzene ring substituents is 1. The fourth-order valence-corrected chi connectivity index (χ4v) is 3.77. The van der Waals surface area contributed by atoms with Gasteiger partial charge < -0.3 is 10.1 Å². The van der Waals surface area contributed by atoms with Gasteiger partial charge in [-0.25, -0.2) is 4.79 Å². The lowest BCUT2D eigenvalue weighted by atomic mass is 10.0. The summed E-state index contributed by atoms with van der Waals surface area (Å²) in [5.41, 5.74) is 2.75. The first kappa shape index (κ1) is 20.8. The standard InChI is InChI=1S/C22H27N3O4/c1-16-7-5-6-12-24(16)15-18-9-4-3-8-17(18)14-23-19-10-11-21(25(27)28)20(13-19)22(26)29-2/h3-4,8-11,13,16,23H,5-7,12,14-15H2,1-2H3. The number of esters is 1. The fraction of sp³-hybridized carbons (Fsp3) is 0.409. The van der Waals surface area contributed by atoms with E-state index in [9.17, 15) is 14.9 Å². The first-order valence-corrected chi connectivity index (χ1v) is 9.91. The number of methoxy groups -OCH3 is 1. The molecule has 1 unspecified atom stereocenters. The van der Waals surface area contributed by atoms with E-state index < -0.39 is 10.9 Å². The van der Waals surface area contributed by atoms with Crippen LogP contribution < -0.4 is 5.32 Å². The van der Waals surface area contributed by atoms with Crippen molar-refractivity contribution < 1.29 is 14.5 Å². The number of hydrogen-bond donors (Lipinski definition) is 1. The average Bonchev–Trinajstić information content (AvgIpc) is 2.73. The number of hydrogen-bond acceptors (Lipinski definition) is 6. The van der Waals surface area contributed by atoms with Gasteiger partial charge in [-0.2, -0.15) is 0 Å². The van der Waals surface area contributed by atoms with Gasteiger partial charge in [-0.3, -0.25) is 15.0 Å². The lowest BCUT2D eigenvalue weighted by Gasteiger charge is -2.33. The molecule has 1 N–H and O–H groups in total. The van der Waals surface area contributed by atoms with Gasteiger partial charge in [-0.05, 0) is 49.6 Å². The first-order chi connectivity index (χ1) is 14.0. The van der Waals surface area contributed by atoms with E-state index in [-0.39, 0.29) is 11.3 Å². The first-order valence-electron chi connectivity index (χ1n) is 9.91. The summed E-state index contributed by atoms with van der Waals surface area (Å²) in [4.78, 5) is 25.0. The van der Waals surface area contributed by atoms with E-state index in [1.54, 1.807) is 6.07 Å². The average molecular weight is 397 g/mol. The largest absolute Gasteiger partial charge is 0.465 e. The minimum Gasteiger partial charge on any atom is -0.465 e. The SMILES string of the molecule is COC(=O)c1cc(NCc2ccccc2CN2CCCCC2C)ccc1[N+](=O)[O-]. The normalized spacial score (nSPS) is 17.0. The van der Waals surface area contributed by atoms with Gasteiger partial charge in [0.25, 0.3) is 5.69 Å². The van der Waals surface area contributed by atoms with Crippen molar-refractivity contribution in [3.63, 3.8) is 0 Å². The number of likely N-dealkylation sites (tertiary alicyclic amines) is 1. The van der Waals surface area contributed by atoms with E-state index in [1.807, 2.05) is 6.07 Å². The van der Waals surface area contributed by atoms with Gasteiger partial charge in [-0.15, -0.1) is 0 Å². The van der Waals surface area contributed by atoms with E-state index >= 15 is 0 Å². The third kappa shape index (κ3) is 5.12. The summed E-state index contributed by atoms with van der Waals surface area (Å²) in [6.07, 6.45) is 3.77. The molecule has 1 heterocycles. The molecular weight excluding hydrogens is 370 g/mol. The number of nitrogens with zero attached hydrogens (tertiary/aromatic N) is 2. The van der Waals surface area contributed by atoms with Crippen molar-refractivity contribution in [1.82, 2.24) is 4.90 Å². The van der Waals surface area contributed by atoms with Gasteiger partial charge in [0, 0.05) is 30.9 Å². The zero-order valence-corrected chi connectivity index (χ0v) is 16.9. The Balaban J connectivity index is 1.75. The monoisotopic (exact) mass is 397 g/mol. The van der Waals surface area contributed by atoms with E-state index in [2.05, 4.69) is 40.1 Å². The molecule has 0 saturated carbocycles. The van der Waals surface area contributed by atoms with Crippen molar-refractivity contribution in [3.8, 4) is 0 Å². The molecule has 0 amide bonds. The Hall–Kier alpha value is -2.93. The molecule has 0 spiro atoms. The van der Waals surface area contributed by atoms with Crippen molar-refractivity contribution in [2.45, 2.75) is 45.3 Å². The molecule has 2 aromatic rings. The molecule has 2 aromatic carbocycles. The highest BCUT2D eigenvalue weighted by Gasteiger charge is 2.22. The van der Waals surface area contributed by atoms with Crippen LogP contribution in [0, 0.1) is 10.1 Å². The molecule has 7 nitrogen and oxygen atoms in total. The van der Waals surface area contributed by atoms with Crippen molar-refractivity contribution in [3.05, 3.63) is 69.3 Å². The Labute approximate surface area is 170 Å². The van der Waals surface area contributed by atoms with Gasteiger partial charge in [0.05, 0.1) is 12.0 Å². The van der Waals surface area contributed by atoms with E-state index in [0.717, 1.165) is 13.1 Å². The number of rotatable bonds is 7. The second-order valence-electron chi connectivity index (χ2n) is 7.42. The number of ether oxygens (including phenoxy) is 1. The molecule has 3 rings (SSSR count). The Morgan fingerprint density at radius 3 is 2.69 bits per heavy atom. The second-order valence-corrected chi connectivity index (χ2v) is 7.42. The molecular formula is C22H27N3O4. The summed E-state index contributed by atoms with van der Waals surface area (Å²) < 4.78 is 4.68. The maximum atomic E-state index is 11.9. The Bertz CT molecular complexity index is 884. The van der Waals surface area contributed by atoms with Crippen LogP contribution in [0.5, 0.6) is 0 Å². The quantitative estimate of drug-likeness (QED) is 0.424. The number of nitrogens with one attached hydrogen (secondary N) is 1. The lowest BCUT2D eigenvalue weighted by Crippen LogP contribution is -2.37. The molecule has 0 bridgehead atoms. The molecule has 154 valence electrons. The number of nitro groups is 1. The zero-order valence-electron chi connectivity index (χ0n) is 16.9. The molecule has 1 saturated heterocycles. The number of piperidine rings is 1. The Morgan fingerprint density at radius 2 is 2.00 bits per heavy atom. The summed E-state index contributed by atoms with van der Waals surface area (Å²) in [6.45, 7) is 4.88.